The molecule has 0 aromatic heterocycles. The second-order valence-corrected chi connectivity index (χ2v) is 2.22. The number of nitrogens with two attached hydrogens (primary N) is 1. The van der Waals surface area contributed by atoms with Gasteiger partial charge in [-0.15, -0.1) is 12.4 Å². The first-order chi connectivity index (χ1) is 5.63. The van der Waals surface area contributed by atoms with E-state index in [2.05, 4.69) is 0 Å². The maximum atomic E-state index is 10.3. The standard InChI is InChI=1S/C7H8N2O3.ClH/c1-12-7-3-5(8)2-6(4-7)9(10)11;/h2-4H,8H2,1H3;1H. The largest absolute Gasteiger partial charge is 0.496 e. The van der Waals surface area contributed by atoms with Crippen molar-refractivity contribution in [2.24, 2.45) is 0 Å². The van der Waals surface area contributed by atoms with Crippen LogP contribution in [-0.4, -0.2) is 12.0 Å². The predicted molar refractivity (Wildman–Crippen MR) is 51.3 cm³/mol. The van der Waals surface area contributed by atoms with Gasteiger partial charge < -0.3 is 10.5 Å². The molecule has 5 nitrogen and oxygen atoms in total. The second-order valence-electron chi connectivity index (χ2n) is 2.22. The van der Waals surface area contributed by atoms with Crippen molar-refractivity contribution >= 4 is 23.8 Å². The number of anilines is 1. The minimum atomic E-state index is -0.515. The van der Waals surface area contributed by atoms with Crippen LogP contribution < -0.4 is 10.5 Å². The van der Waals surface area contributed by atoms with Gasteiger partial charge in [-0.25, -0.2) is 0 Å². The van der Waals surface area contributed by atoms with Crippen LogP contribution >= 0.6 is 12.4 Å². The molecule has 0 atom stereocenters. The van der Waals surface area contributed by atoms with Gasteiger partial charge in [-0.1, -0.05) is 0 Å². The van der Waals surface area contributed by atoms with E-state index in [1.54, 1.807) is 0 Å². The van der Waals surface area contributed by atoms with Gasteiger partial charge in [-0.3, -0.25) is 10.1 Å². The molecule has 0 radical (unpaired) electrons. The number of halogens is 1. The van der Waals surface area contributed by atoms with E-state index in [1.165, 1.54) is 25.3 Å². The van der Waals surface area contributed by atoms with Crippen molar-refractivity contribution in [3.05, 3.63) is 28.3 Å². The van der Waals surface area contributed by atoms with Crippen LogP contribution in [0.2, 0.25) is 0 Å². The van der Waals surface area contributed by atoms with Crippen LogP contribution in [0, 0.1) is 10.1 Å². The summed E-state index contributed by atoms with van der Waals surface area (Å²) in [4.78, 5) is 9.80. The molecular weight excluding hydrogens is 196 g/mol. The lowest BCUT2D eigenvalue weighted by Crippen LogP contribution is -1.93. The fraction of sp³-hybridized carbons (Fsp3) is 0.143. The lowest BCUT2D eigenvalue weighted by molar-refractivity contribution is -0.384. The summed E-state index contributed by atoms with van der Waals surface area (Å²) in [6.45, 7) is 0. The van der Waals surface area contributed by atoms with Gasteiger partial charge in [0, 0.05) is 17.8 Å². The summed E-state index contributed by atoms with van der Waals surface area (Å²) in [6, 6.07) is 4.12. The topological polar surface area (TPSA) is 78.4 Å². The van der Waals surface area contributed by atoms with E-state index in [9.17, 15) is 10.1 Å². The number of nitrogens with zero attached hydrogens (tertiary/aromatic N) is 1. The van der Waals surface area contributed by atoms with E-state index in [0.717, 1.165) is 0 Å². The molecule has 0 bridgehead atoms. The average Bonchev–Trinajstić information content (AvgIpc) is 2.03. The average molecular weight is 205 g/mol. The summed E-state index contributed by atoms with van der Waals surface area (Å²) in [6.07, 6.45) is 0. The Kier molecular flexibility index (Phi) is 4.00. The third-order valence-corrected chi connectivity index (χ3v) is 1.36. The molecule has 6 heteroatoms. The molecule has 0 aliphatic heterocycles. The minimum absolute atomic E-state index is 0. The van der Waals surface area contributed by atoms with E-state index in [1.807, 2.05) is 0 Å². The summed E-state index contributed by atoms with van der Waals surface area (Å²) in [5.74, 6) is 0.390. The molecule has 1 aromatic rings. The maximum absolute atomic E-state index is 10.3. The van der Waals surface area contributed by atoms with Gasteiger partial charge in [0.1, 0.15) is 5.75 Å². The Morgan fingerprint density at radius 3 is 2.54 bits per heavy atom. The first kappa shape index (κ1) is 11.5. The van der Waals surface area contributed by atoms with Crippen molar-refractivity contribution in [3.8, 4) is 5.75 Å². The maximum Gasteiger partial charge on any atom is 0.275 e. The molecule has 0 aliphatic carbocycles. The lowest BCUT2D eigenvalue weighted by atomic mass is 10.2. The van der Waals surface area contributed by atoms with Crippen LogP contribution in [-0.2, 0) is 0 Å². The first-order valence-corrected chi connectivity index (χ1v) is 3.22. The minimum Gasteiger partial charge on any atom is -0.496 e. The Morgan fingerprint density at radius 2 is 2.08 bits per heavy atom. The Morgan fingerprint density at radius 1 is 1.46 bits per heavy atom. The van der Waals surface area contributed by atoms with Crippen LogP contribution in [0.1, 0.15) is 0 Å². The van der Waals surface area contributed by atoms with Crippen molar-refractivity contribution in [2.75, 3.05) is 12.8 Å². The van der Waals surface area contributed by atoms with Gasteiger partial charge in [-0.2, -0.15) is 0 Å². The van der Waals surface area contributed by atoms with Gasteiger partial charge in [0.05, 0.1) is 18.1 Å². The van der Waals surface area contributed by atoms with Crippen LogP contribution in [0.3, 0.4) is 0 Å². The molecular formula is C7H9ClN2O3. The van der Waals surface area contributed by atoms with E-state index >= 15 is 0 Å². The van der Waals surface area contributed by atoms with Crippen molar-refractivity contribution in [2.45, 2.75) is 0 Å². The van der Waals surface area contributed by atoms with Crippen molar-refractivity contribution in [3.63, 3.8) is 0 Å². The molecule has 0 amide bonds. The highest BCUT2D eigenvalue weighted by Crippen LogP contribution is 2.23. The normalized spacial score (nSPS) is 8.69. The summed E-state index contributed by atoms with van der Waals surface area (Å²) in [5.41, 5.74) is 5.65. The predicted octanol–water partition coefficient (Wildman–Crippen LogP) is 1.61. The number of nitro groups is 1. The third kappa shape index (κ3) is 2.79. The molecule has 1 aromatic carbocycles. The van der Waals surface area contributed by atoms with Gasteiger partial charge in [0.15, 0.2) is 0 Å². The number of non-ortho nitro benzene ring substituents is 1. The number of ether oxygens (including phenoxy) is 1. The van der Waals surface area contributed by atoms with Crippen LogP contribution in [0.5, 0.6) is 5.75 Å². The quantitative estimate of drug-likeness (QED) is 0.451. The van der Waals surface area contributed by atoms with Crippen LogP contribution in [0.25, 0.3) is 0 Å². The van der Waals surface area contributed by atoms with Crippen LogP contribution in [0.4, 0.5) is 11.4 Å². The number of nitrogen functional groups attached to an aromatic ring is 1. The van der Waals surface area contributed by atoms with E-state index in [4.69, 9.17) is 10.5 Å². The fourth-order valence-corrected chi connectivity index (χ4v) is 0.829. The molecule has 0 aliphatic rings. The zero-order valence-electron chi connectivity index (χ0n) is 6.89. The zero-order valence-corrected chi connectivity index (χ0v) is 7.71. The molecule has 2 N–H and O–H groups in total. The molecule has 13 heavy (non-hydrogen) atoms. The van der Waals surface area contributed by atoms with Crippen LogP contribution in [0.15, 0.2) is 18.2 Å². The summed E-state index contributed by atoms with van der Waals surface area (Å²) in [7, 11) is 1.43. The SMILES string of the molecule is COc1cc(N)cc([N+](=O)[O-])c1.Cl. The molecule has 0 spiro atoms. The monoisotopic (exact) mass is 204 g/mol. The summed E-state index contributed by atoms with van der Waals surface area (Å²) >= 11 is 0. The number of nitro benzene ring substituents is 1. The summed E-state index contributed by atoms with van der Waals surface area (Å²) in [5, 5.41) is 10.3. The highest BCUT2D eigenvalue weighted by atomic mass is 35.5. The third-order valence-electron chi connectivity index (χ3n) is 1.36. The summed E-state index contributed by atoms with van der Waals surface area (Å²) < 4.78 is 4.80. The molecule has 0 fully saturated rings. The van der Waals surface area contributed by atoms with Crippen molar-refractivity contribution in [1.82, 2.24) is 0 Å². The van der Waals surface area contributed by atoms with Gasteiger partial charge in [0.2, 0.25) is 0 Å². The number of rotatable bonds is 2. The van der Waals surface area contributed by atoms with E-state index < -0.39 is 4.92 Å². The molecule has 0 saturated carbocycles. The molecule has 1 rings (SSSR count). The first-order valence-electron chi connectivity index (χ1n) is 3.22. The molecule has 72 valence electrons. The number of methoxy groups -OCH3 is 1. The van der Waals surface area contributed by atoms with E-state index in [0.29, 0.717) is 11.4 Å². The number of hydrogen-bond acceptors (Lipinski definition) is 4. The second kappa shape index (κ2) is 4.51. The number of benzene rings is 1. The highest BCUT2D eigenvalue weighted by Gasteiger charge is 2.07. The zero-order chi connectivity index (χ0) is 9.14. The Hall–Kier alpha value is -1.49. The van der Waals surface area contributed by atoms with Crippen molar-refractivity contribution in [1.29, 1.82) is 0 Å². The van der Waals surface area contributed by atoms with E-state index in [-0.39, 0.29) is 18.1 Å². The molecule has 0 unspecified atom stereocenters. The van der Waals surface area contributed by atoms with Gasteiger partial charge in [0.25, 0.3) is 5.69 Å². The van der Waals surface area contributed by atoms with Gasteiger partial charge in [-0.05, 0) is 0 Å². The fourth-order valence-electron chi connectivity index (χ4n) is 0.829. The van der Waals surface area contributed by atoms with Crippen molar-refractivity contribution < 1.29 is 9.66 Å². The van der Waals surface area contributed by atoms with Gasteiger partial charge >= 0.3 is 0 Å². The number of hydrogen-bond donors (Lipinski definition) is 1. The molecule has 0 saturated heterocycles. The molecule has 0 heterocycles. The highest BCUT2D eigenvalue weighted by molar-refractivity contribution is 5.85. The smallest absolute Gasteiger partial charge is 0.275 e. The Bertz CT molecular complexity index is 317. The Balaban J connectivity index is 0.00000144. The lowest BCUT2D eigenvalue weighted by Gasteiger charge is -2.00. The Labute approximate surface area is 81.1 Å².